The van der Waals surface area contributed by atoms with E-state index in [0.717, 1.165) is 28.3 Å². The molecule has 0 radical (unpaired) electrons. The number of piperazine rings is 1. The molecule has 1 saturated heterocycles. The number of rotatable bonds is 5. The summed E-state index contributed by atoms with van der Waals surface area (Å²) in [7, 11) is 1.64. The summed E-state index contributed by atoms with van der Waals surface area (Å²) in [4.78, 5) is 37.9. The second-order valence-corrected chi connectivity index (χ2v) is 7.74. The fourth-order valence-corrected chi connectivity index (χ4v) is 3.67. The molecule has 8 nitrogen and oxygen atoms in total. The maximum Gasteiger partial charge on any atom is 0.338 e. The van der Waals surface area contributed by atoms with Gasteiger partial charge >= 0.3 is 5.97 Å². The summed E-state index contributed by atoms with van der Waals surface area (Å²) in [6, 6.07) is 12.9. The highest BCUT2D eigenvalue weighted by Crippen LogP contribution is 2.20. The van der Waals surface area contributed by atoms with Crippen LogP contribution in [0.4, 0.5) is 5.69 Å². The zero-order chi connectivity index (χ0) is 22.7. The number of carbonyl (C=O) groups excluding carboxylic acids is 2. The molecular formula is C24H26N4O4. The first kappa shape index (κ1) is 21.5. The first-order valence-corrected chi connectivity index (χ1v) is 10.5. The fraction of sp³-hybridized carbons (Fsp3) is 0.333. The van der Waals surface area contributed by atoms with Crippen LogP contribution < -0.4 is 9.64 Å². The lowest BCUT2D eigenvalue weighted by atomic mass is 10.2. The molecule has 0 N–H and O–H groups in total. The van der Waals surface area contributed by atoms with E-state index in [4.69, 9.17) is 9.47 Å². The standard InChI is InChI=1S/C24H26N4O4/c1-16-17(2)26-22-14-18(4-9-21(22)25-16)24(30)32-15-23(29)28-12-10-27(11-13-28)19-5-7-20(31-3)8-6-19/h4-9,14H,10-13,15H2,1-3H3. The van der Waals surface area contributed by atoms with Crippen LogP contribution >= 0.6 is 0 Å². The molecule has 1 fully saturated rings. The van der Waals surface area contributed by atoms with Gasteiger partial charge in [0.25, 0.3) is 5.91 Å². The van der Waals surface area contributed by atoms with Crippen LogP contribution in [0.5, 0.6) is 5.75 Å². The van der Waals surface area contributed by atoms with Crippen LogP contribution in [0, 0.1) is 13.8 Å². The lowest BCUT2D eigenvalue weighted by Gasteiger charge is -2.36. The van der Waals surface area contributed by atoms with Crippen molar-refractivity contribution < 1.29 is 19.1 Å². The fourth-order valence-electron chi connectivity index (χ4n) is 3.67. The molecular weight excluding hydrogens is 408 g/mol. The number of hydrogen-bond donors (Lipinski definition) is 0. The summed E-state index contributed by atoms with van der Waals surface area (Å²) in [5.41, 5.74) is 4.46. The van der Waals surface area contributed by atoms with Gasteiger partial charge in [-0.05, 0) is 56.3 Å². The normalized spacial score (nSPS) is 13.8. The molecule has 0 bridgehead atoms. The number of methoxy groups -OCH3 is 1. The largest absolute Gasteiger partial charge is 0.497 e. The lowest BCUT2D eigenvalue weighted by molar-refractivity contribution is -0.134. The van der Waals surface area contributed by atoms with Crippen molar-refractivity contribution in [3.63, 3.8) is 0 Å². The number of benzene rings is 2. The highest BCUT2D eigenvalue weighted by molar-refractivity contribution is 5.94. The number of aryl methyl sites for hydroxylation is 2. The van der Waals surface area contributed by atoms with E-state index in [-0.39, 0.29) is 12.5 Å². The van der Waals surface area contributed by atoms with E-state index in [1.807, 2.05) is 38.1 Å². The molecule has 0 atom stereocenters. The number of carbonyl (C=O) groups is 2. The van der Waals surface area contributed by atoms with Crippen LogP contribution in [0.1, 0.15) is 21.7 Å². The third-order valence-corrected chi connectivity index (χ3v) is 5.71. The van der Waals surface area contributed by atoms with Gasteiger partial charge in [0.15, 0.2) is 6.61 Å². The van der Waals surface area contributed by atoms with Gasteiger partial charge < -0.3 is 19.3 Å². The van der Waals surface area contributed by atoms with E-state index in [0.29, 0.717) is 37.3 Å². The van der Waals surface area contributed by atoms with Gasteiger partial charge in [-0.1, -0.05) is 0 Å². The van der Waals surface area contributed by atoms with Crippen LogP contribution in [0.2, 0.25) is 0 Å². The van der Waals surface area contributed by atoms with Crippen LogP contribution in [0.15, 0.2) is 42.5 Å². The zero-order valence-electron chi connectivity index (χ0n) is 18.5. The predicted octanol–water partition coefficient (Wildman–Crippen LogP) is 2.76. The van der Waals surface area contributed by atoms with Gasteiger partial charge in [-0.15, -0.1) is 0 Å². The van der Waals surface area contributed by atoms with Crippen molar-refractivity contribution in [2.75, 3.05) is 44.8 Å². The molecule has 2 heterocycles. The Morgan fingerprint density at radius 3 is 2.22 bits per heavy atom. The summed E-state index contributed by atoms with van der Waals surface area (Å²) in [6.07, 6.45) is 0. The van der Waals surface area contributed by atoms with E-state index >= 15 is 0 Å². The maximum atomic E-state index is 12.5. The highest BCUT2D eigenvalue weighted by atomic mass is 16.5. The molecule has 2 aromatic carbocycles. The van der Waals surface area contributed by atoms with Crippen LogP contribution in [-0.2, 0) is 9.53 Å². The SMILES string of the molecule is COc1ccc(N2CCN(C(=O)COC(=O)c3ccc4nc(C)c(C)nc4c3)CC2)cc1. The third kappa shape index (κ3) is 4.64. The minimum atomic E-state index is -0.544. The second kappa shape index (κ2) is 9.21. The number of hydrogen-bond acceptors (Lipinski definition) is 7. The van der Waals surface area contributed by atoms with Crippen molar-refractivity contribution in [3.8, 4) is 5.75 Å². The molecule has 1 amide bonds. The molecule has 0 aliphatic carbocycles. The number of anilines is 1. The third-order valence-electron chi connectivity index (χ3n) is 5.71. The van der Waals surface area contributed by atoms with Gasteiger partial charge in [0, 0.05) is 31.9 Å². The first-order chi connectivity index (χ1) is 15.4. The van der Waals surface area contributed by atoms with Crippen LogP contribution in [0.25, 0.3) is 11.0 Å². The Morgan fingerprint density at radius 2 is 1.56 bits per heavy atom. The quantitative estimate of drug-likeness (QED) is 0.571. The Bertz CT molecular complexity index is 1140. The molecule has 3 aromatic rings. The molecule has 1 aliphatic heterocycles. The average molecular weight is 434 g/mol. The smallest absolute Gasteiger partial charge is 0.338 e. The minimum Gasteiger partial charge on any atom is -0.497 e. The van der Waals surface area contributed by atoms with Gasteiger partial charge in [-0.3, -0.25) is 4.79 Å². The highest BCUT2D eigenvalue weighted by Gasteiger charge is 2.22. The topological polar surface area (TPSA) is 84.9 Å². The molecule has 32 heavy (non-hydrogen) atoms. The van der Waals surface area contributed by atoms with Crippen molar-refractivity contribution in [3.05, 3.63) is 59.4 Å². The Kier molecular flexibility index (Phi) is 6.20. The van der Waals surface area contributed by atoms with Gasteiger partial charge in [0.05, 0.1) is 35.1 Å². The van der Waals surface area contributed by atoms with E-state index < -0.39 is 5.97 Å². The van der Waals surface area contributed by atoms with Crippen molar-refractivity contribution in [2.45, 2.75) is 13.8 Å². The van der Waals surface area contributed by atoms with E-state index in [1.165, 1.54) is 0 Å². The molecule has 166 valence electrons. The Hall–Kier alpha value is -3.68. The summed E-state index contributed by atoms with van der Waals surface area (Å²) < 4.78 is 10.5. The monoisotopic (exact) mass is 434 g/mol. The number of aromatic nitrogens is 2. The van der Waals surface area contributed by atoms with Gasteiger partial charge in [0.2, 0.25) is 0 Å². The maximum absolute atomic E-state index is 12.5. The van der Waals surface area contributed by atoms with E-state index in [9.17, 15) is 9.59 Å². The summed E-state index contributed by atoms with van der Waals surface area (Å²) in [6.45, 7) is 6.08. The predicted molar refractivity (Wildman–Crippen MR) is 121 cm³/mol. The number of esters is 1. The Morgan fingerprint density at radius 1 is 0.906 bits per heavy atom. The number of amides is 1. The van der Waals surface area contributed by atoms with E-state index in [1.54, 1.807) is 30.2 Å². The zero-order valence-corrected chi connectivity index (χ0v) is 18.5. The number of fused-ring (bicyclic) bond motifs is 1. The van der Waals surface area contributed by atoms with Crippen LogP contribution in [0.3, 0.4) is 0 Å². The molecule has 0 unspecified atom stereocenters. The molecule has 8 heteroatoms. The summed E-state index contributed by atoms with van der Waals surface area (Å²) in [5.74, 6) is 0.0741. The van der Waals surface area contributed by atoms with Gasteiger partial charge in [-0.25, -0.2) is 14.8 Å². The number of nitrogens with zero attached hydrogens (tertiary/aromatic N) is 4. The van der Waals surface area contributed by atoms with E-state index in [2.05, 4.69) is 14.9 Å². The van der Waals surface area contributed by atoms with Gasteiger partial charge in [0.1, 0.15) is 5.75 Å². The van der Waals surface area contributed by atoms with Gasteiger partial charge in [-0.2, -0.15) is 0 Å². The first-order valence-electron chi connectivity index (χ1n) is 10.5. The Labute approximate surface area is 186 Å². The summed E-state index contributed by atoms with van der Waals surface area (Å²) >= 11 is 0. The second-order valence-electron chi connectivity index (χ2n) is 7.74. The van der Waals surface area contributed by atoms with Crippen molar-refractivity contribution in [2.24, 2.45) is 0 Å². The molecule has 1 aliphatic rings. The van der Waals surface area contributed by atoms with Crippen LogP contribution in [-0.4, -0.2) is 66.6 Å². The lowest BCUT2D eigenvalue weighted by Crippen LogP contribution is -2.49. The van der Waals surface area contributed by atoms with Crippen molar-refractivity contribution in [1.82, 2.24) is 14.9 Å². The number of ether oxygens (including phenoxy) is 2. The average Bonchev–Trinajstić information content (AvgIpc) is 2.83. The Balaban J connectivity index is 1.30. The van der Waals surface area contributed by atoms with Crippen molar-refractivity contribution in [1.29, 1.82) is 0 Å². The van der Waals surface area contributed by atoms with Crippen molar-refractivity contribution >= 4 is 28.6 Å². The molecule has 1 aromatic heterocycles. The molecule has 0 spiro atoms. The minimum absolute atomic E-state index is 0.195. The molecule has 4 rings (SSSR count). The summed E-state index contributed by atoms with van der Waals surface area (Å²) in [5, 5.41) is 0. The molecule has 0 saturated carbocycles.